The summed E-state index contributed by atoms with van der Waals surface area (Å²) in [7, 11) is -3.72. The monoisotopic (exact) mass is 420 g/mol. The number of ether oxygens (including phenoxy) is 1. The van der Waals surface area contributed by atoms with Crippen LogP contribution in [0.2, 0.25) is 0 Å². The van der Waals surface area contributed by atoms with Crippen LogP contribution in [0.1, 0.15) is 18.9 Å². The maximum atomic E-state index is 13.1. The third-order valence-electron chi connectivity index (χ3n) is 3.64. The summed E-state index contributed by atoms with van der Waals surface area (Å²) in [4.78, 5) is 23.8. The van der Waals surface area contributed by atoms with Gasteiger partial charge in [0.2, 0.25) is 10.0 Å². The van der Waals surface area contributed by atoms with Crippen molar-refractivity contribution in [1.29, 1.82) is 0 Å². The quantitative estimate of drug-likeness (QED) is 0.608. The van der Waals surface area contributed by atoms with Crippen molar-refractivity contribution in [3.63, 3.8) is 0 Å². The highest BCUT2D eigenvalue weighted by Crippen LogP contribution is 2.10. The Hall–Kier alpha value is -3.04. The van der Waals surface area contributed by atoms with Crippen LogP contribution >= 0.6 is 0 Å². The summed E-state index contributed by atoms with van der Waals surface area (Å²) < 4.78 is 44.1. The number of hydrogen-bond donors (Lipinski definition) is 2. The van der Waals surface area contributed by atoms with Crippen molar-refractivity contribution < 1.29 is 27.1 Å². The number of hydrogen-bond acceptors (Lipinski definition) is 5. The highest BCUT2D eigenvalue weighted by atomic mass is 32.2. The molecule has 0 aromatic heterocycles. The number of carbonyl (C=O) groups is 2. The van der Waals surface area contributed by atoms with Crippen LogP contribution in [0.25, 0.3) is 6.08 Å². The number of amides is 1. The predicted molar refractivity (Wildman–Crippen MR) is 108 cm³/mol. The van der Waals surface area contributed by atoms with Crippen molar-refractivity contribution in [3.05, 3.63) is 71.4 Å². The minimum Gasteiger partial charge on any atom is -0.452 e. The highest BCUT2D eigenvalue weighted by molar-refractivity contribution is 7.92. The Morgan fingerprint density at radius 2 is 1.86 bits per heavy atom. The van der Waals surface area contributed by atoms with E-state index in [9.17, 15) is 22.4 Å². The van der Waals surface area contributed by atoms with Gasteiger partial charge in [-0.25, -0.2) is 17.5 Å². The summed E-state index contributed by atoms with van der Waals surface area (Å²) in [5.74, 6) is -1.89. The number of esters is 1. The SMILES string of the molecule is C[C@@H](OC(=O)CCNS(=O)(=O)/C=C/c1ccccc1)C(=O)Nc1cccc(F)c1. The smallest absolute Gasteiger partial charge is 0.307 e. The van der Waals surface area contributed by atoms with Crippen molar-refractivity contribution in [2.24, 2.45) is 0 Å². The Morgan fingerprint density at radius 1 is 1.14 bits per heavy atom. The Bertz CT molecular complexity index is 977. The largest absolute Gasteiger partial charge is 0.452 e. The van der Waals surface area contributed by atoms with E-state index in [-0.39, 0.29) is 18.7 Å². The fraction of sp³-hybridized carbons (Fsp3) is 0.200. The Labute approximate surface area is 168 Å². The van der Waals surface area contributed by atoms with Gasteiger partial charge in [-0.15, -0.1) is 0 Å². The summed E-state index contributed by atoms with van der Waals surface area (Å²) in [5.41, 5.74) is 0.950. The molecule has 0 saturated heterocycles. The topological polar surface area (TPSA) is 102 Å². The molecule has 0 unspecified atom stereocenters. The van der Waals surface area contributed by atoms with Gasteiger partial charge >= 0.3 is 5.97 Å². The predicted octanol–water partition coefficient (Wildman–Crippen LogP) is 2.68. The number of benzene rings is 2. The average Bonchev–Trinajstić information content (AvgIpc) is 2.67. The number of sulfonamides is 1. The van der Waals surface area contributed by atoms with Crippen LogP contribution in [-0.4, -0.2) is 32.9 Å². The normalized spacial score (nSPS) is 12.5. The number of anilines is 1. The van der Waals surface area contributed by atoms with Gasteiger partial charge in [-0.05, 0) is 36.8 Å². The molecule has 0 spiro atoms. The molecule has 2 rings (SSSR count). The van der Waals surface area contributed by atoms with Crippen molar-refractivity contribution in [3.8, 4) is 0 Å². The van der Waals surface area contributed by atoms with E-state index in [1.165, 1.54) is 31.2 Å². The van der Waals surface area contributed by atoms with Crippen molar-refractivity contribution in [2.75, 3.05) is 11.9 Å². The van der Waals surface area contributed by atoms with Crippen molar-refractivity contribution >= 4 is 33.7 Å². The molecule has 0 aliphatic rings. The molecule has 2 N–H and O–H groups in total. The van der Waals surface area contributed by atoms with Crippen molar-refractivity contribution in [1.82, 2.24) is 4.72 Å². The summed E-state index contributed by atoms with van der Waals surface area (Å²) in [6, 6.07) is 14.2. The second-order valence-electron chi connectivity index (χ2n) is 6.03. The third kappa shape index (κ3) is 8.24. The summed E-state index contributed by atoms with van der Waals surface area (Å²) in [5, 5.41) is 3.43. The molecule has 1 amide bonds. The van der Waals surface area contributed by atoms with Crippen LogP contribution < -0.4 is 10.0 Å². The van der Waals surface area contributed by atoms with E-state index in [1.807, 2.05) is 6.07 Å². The van der Waals surface area contributed by atoms with Crippen molar-refractivity contribution in [2.45, 2.75) is 19.4 Å². The van der Waals surface area contributed by atoms with Crippen LogP contribution in [0.4, 0.5) is 10.1 Å². The average molecular weight is 420 g/mol. The molecule has 0 aliphatic carbocycles. The molecule has 0 bridgehead atoms. The number of nitrogens with one attached hydrogen (secondary N) is 2. The number of halogens is 1. The Balaban J connectivity index is 1.75. The first kappa shape index (κ1) is 22.3. The second kappa shape index (κ2) is 10.5. The lowest BCUT2D eigenvalue weighted by molar-refractivity contribution is -0.152. The summed E-state index contributed by atoms with van der Waals surface area (Å²) >= 11 is 0. The molecule has 9 heteroatoms. The van der Waals surface area contributed by atoms with E-state index in [4.69, 9.17) is 4.74 Å². The van der Waals surface area contributed by atoms with Gasteiger partial charge in [0.25, 0.3) is 5.91 Å². The van der Waals surface area contributed by atoms with Gasteiger partial charge in [0.15, 0.2) is 6.10 Å². The highest BCUT2D eigenvalue weighted by Gasteiger charge is 2.18. The second-order valence-corrected chi connectivity index (χ2v) is 7.69. The molecule has 0 radical (unpaired) electrons. The summed E-state index contributed by atoms with van der Waals surface area (Å²) in [6.07, 6.45) is 0.0514. The van der Waals surface area contributed by atoms with Crippen LogP contribution in [0.3, 0.4) is 0 Å². The molecule has 2 aromatic rings. The fourth-order valence-corrected chi connectivity index (χ4v) is 3.01. The van der Waals surface area contributed by atoms with Gasteiger partial charge in [-0.3, -0.25) is 9.59 Å². The molecule has 0 fully saturated rings. The Morgan fingerprint density at radius 3 is 2.55 bits per heavy atom. The molecule has 0 aliphatic heterocycles. The first-order valence-corrected chi connectivity index (χ1v) is 10.3. The molecular formula is C20H21FN2O5S. The zero-order chi connectivity index (χ0) is 21.3. The Kier molecular flexibility index (Phi) is 8.05. The van der Waals surface area contributed by atoms with Crippen LogP contribution in [-0.2, 0) is 24.3 Å². The zero-order valence-corrected chi connectivity index (χ0v) is 16.5. The molecule has 1 atom stereocenters. The van der Waals surface area contributed by atoms with E-state index < -0.39 is 33.8 Å². The number of carbonyl (C=O) groups excluding carboxylic acids is 2. The molecule has 2 aromatic carbocycles. The first-order chi connectivity index (χ1) is 13.7. The number of rotatable bonds is 9. The molecule has 154 valence electrons. The standard InChI is InChI=1S/C20H21FN2O5S/c1-15(20(25)23-18-9-5-8-17(21)14-18)28-19(24)10-12-22-29(26,27)13-11-16-6-3-2-4-7-16/h2-9,11,13-15,22H,10,12H2,1H3,(H,23,25)/b13-11+/t15-/m1/s1. The lowest BCUT2D eigenvalue weighted by Crippen LogP contribution is -2.31. The maximum absolute atomic E-state index is 13.1. The maximum Gasteiger partial charge on any atom is 0.307 e. The summed E-state index contributed by atoms with van der Waals surface area (Å²) in [6.45, 7) is 1.18. The molecule has 29 heavy (non-hydrogen) atoms. The van der Waals surface area contributed by atoms with Crippen LogP contribution in [0.5, 0.6) is 0 Å². The van der Waals surface area contributed by atoms with Gasteiger partial charge < -0.3 is 10.1 Å². The lowest BCUT2D eigenvalue weighted by Gasteiger charge is -2.13. The van der Waals surface area contributed by atoms with Gasteiger partial charge in [0, 0.05) is 17.6 Å². The van der Waals surface area contributed by atoms with Gasteiger partial charge in [-0.1, -0.05) is 36.4 Å². The molecular weight excluding hydrogens is 399 g/mol. The van der Waals surface area contributed by atoms with E-state index in [2.05, 4.69) is 10.0 Å². The molecule has 0 saturated carbocycles. The molecule has 0 heterocycles. The van der Waals surface area contributed by atoms with E-state index in [0.717, 1.165) is 17.0 Å². The van der Waals surface area contributed by atoms with E-state index in [1.54, 1.807) is 24.3 Å². The lowest BCUT2D eigenvalue weighted by atomic mass is 10.2. The zero-order valence-electron chi connectivity index (χ0n) is 15.7. The van der Waals surface area contributed by atoms with Crippen LogP contribution in [0, 0.1) is 5.82 Å². The van der Waals surface area contributed by atoms with Gasteiger partial charge in [0.1, 0.15) is 5.82 Å². The first-order valence-electron chi connectivity index (χ1n) is 8.74. The molecule has 7 nitrogen and oxygen atoms in total. The fourth-order valence-electron chi connectivity index (χ4n) is 2.20. The van der Waals surface area contributed by atoms with Gasteiger partial charge in [-0.2, -0.15) is 0 Å². The third-order valence-corrected chi connectivity index (χ3v) is 4.74. The van der Waals surface area contributed by atoms with E-state index in [0.29, 0.717) is 0 Å². The minimum atomic E-state index is -3.72. The minimum absolute atomic E-state index is 0.182. The van der Waals surface area contributed by atoms with Crippen LogP contribution in [0.15, 0.2) is 60.0 Å². The van der Waals surface area contributed by atoms with E-state index >= 15 is 0 Å². The van der Waals surface area contributed by atoms with Gasteiger partial charge in [0.05, 0.1) is 6.42 Å².